The smallest absolute Gasteiger partial charge is 0.159 e. The number of aromatic nitrogens is 3. The van der Waals surface area contributed by atoms with E-state index in [0.717, 1.165) is 17.7 Å². The Balaban J connectivity index is 2.33. The van der Waals surface area contributed by atoms with Crippen molar-refractivity contribution in [3.05, 3.63) is 53.4 Å². The van der Waals surface area contributed by atoms with Gasteiger partial charge in [-0.25, -0.2) is 13.8 Å². The molecule has 0 fully saturated rings. The molecule has 0 aliphatic rings. The number of nitriles is 1. The Morgan fingerprint density at radius 2 is 1.96 bits per heavy atom. The van der Waals surface area contributed by atoms with Gasteiger partial charge >= 0.3 is 0 Å². The molecular weight excluding hydrogens is 312 g/mol. The molecule has 0 saturated heterocycles. The minimum Gasteiger partial charge on any atom is -0.383 e. The third-order valence-corrected chi connectivity index (χ3v) is 3.77. The number of hydrogen-bond acceptors (Lipinski definition) is 4. The number of benzene rings is 1. The summed E-state index contributed by atoms with van der Waals surface area (Å²) in [6, 6.07) is 5.47. The summed E-state index contributed by atoms with van der Waals surface area (Å²) in [4.78, 5) is 4.29. The van der Waals surface area contributed by atoms with Crippen LogP contribution in [0.3, 0.4) is 0 Å². The number of nitrogen functional groups attached to an aromatic ring is 1. The molecule has 0 aliphatic carbocycles. The highest BCUT2D eigenvalue weighted by atomic mass is 19.2. The zero-order valence-corrected chi connectivity index (χ0v) is 13.0. The SMILES string of the molecule is Cc1c(-c2cnn(C)c2)nc(N)c(C#N)c1-c1ccc(F)c(F)c1. The molecule has 0 unspecified atom stereocenters. The van der Waals surface area contributed by atoms with Gasteiger partial charge in [-0.15, -0.1) is 0 Å². The van der Waals surface area contributed by atoms with Crippen molar-refractivity contribution in [2.45, 2.75) is 6.92 Å². The van der Waals surface area contributed by atoms with Crippen LogP contribution >= 0.6 is 0 Å². The van der Waals surface area contributed by atoms with Crippen molar-refractivity contribution in [3.63, 3.8) is 0 Å². The molecule has 24 heavy (non-hydrogen) atoms. The fraction of sp³-hybridized carbons (Fsp3) is 0.118. The van der Waals surface area contributed by atoms with Gasteiger partial charge < -0.3 is 5.73 Å². The first kappa shape index (κ1) is 15.6. The lowest BCUT2D eigenvalue weighted by Gasteiger charge is -2.14. The molecule has 1 aromatic carbocycles. The standard InChI is InChI=1S/C17H13F2N5/c1-9-15(10-3-4-13(18)14(19)5-10)12(6-20)17(21)23-16(9)11-7-22-24(2)8-11/h3-5,7-8H,1-2H3,(H2,21,23). The number of nitrogens with two attached hydrogens (primary N) is 1. The lowest BCUT2D eigenvalue weighted by atomic mass is 9.93. The number of hydrogen-bond donors (Lipinski definition) is 1. The largest absolute Gasteiger partial charge is 0.383 e. The van der Waals surface area contributed by atoms with E-state index in [2.05, 4.69) is 10.1 Å². The van der Waals surface area contributed by atoms with E-state index in [4.69, 9.17) is 5.73 Å². The number of nitrogens with zero attached hydrogens (tertiary/aromatic N) is 4. The fourth-order valence-corrected chi connectivity index (χ4v) is 2.64. The van der Waals surface area contributed by atoms with Crippen molar-refractivity contribution < 1.29 is 8.78 Å². The maximum Gasteiger partial charge on any atom is 0.159 e. The van der Waals surface area contributed by atoms with Gasteiger partial charge in [0.2, 0.25) is 0 Å². The van der Waals surface area contributed by atoms with Crippen molar-refractivity contribution in [1.82, 2.24) is 14.8 Å². The molecule has 0 radical (unpaired) electrons. The number of rotatable bonds is 2. The Hall–Kier alpha value is -3.27. The van der Waals surface area contributed by atoms with E-state index < -0.39 is 11.6 Å². The predicted molar refractivity (Wildman–Crippen MR) is 85.7 cm³/mol. The van der Waals surface area contributed by atoms with E-state index >= 15 is 0 Å². The molecule has 0 spiro atoms. The van der Waals surface area contributed by atoms with Crippen molar-refractivity contribution in [1.29, 1.82) is 5.26 Å². The molecule has 0 atom stereocenters. The first-order valence-electron chi connectivity index (χ1n) is 7.07. The fourth-order valence-electron chi connectivity index (χ4n) is 2.64. The van der Waals surface area contributed by atoms with Crippen LogP contribution in [-0.2, 0) is 7.05 Å². The second-order valence-corrected chi connectivity index (χ2v) is 5.36. The topological polar surface area (TPSA) is 80.5 Å². The summed E-state index contributed by atoms with van der Waals surface area (Å²) >= 11 is 0. The quantitative estimate of drug-likeness (QED) is 0.784. The molecule has 7 heteroatoms. The Morgan fingerprint density at radius 3 is 2.54 bits per heavy atom. The number of anilines is 1. The average molecular weight is 325 g/mol. The number of aryl methyl sites for hydroxylation is 1. The zero-order valence-electron chi connectivity index (χ0n) is 13.0. The van der Waals surface area contributed by atoms with E-state index in [9.17, 15) is 14.0 Å². The molecule has 2 heterocycles. The predicted octanol–water partition coefficient (Wildman–Crippen LogP) is 3.19. The molecule has 0 bridgehead atoms. The third kappa shape index (κ3) is 2.48. The Labute approximate surface area is 137 Å². The van der Waals surface area contributed by atoms with Crippen LogP contribution in [0.1, 0.15) is 11.1 Å². The van der Waals surface area contributed by atoms with Crippen molar-refractivity contribution >= 4 is 5.82 Å². The van der Waals surface area contributed by atoms with Crippen LogP contribution < -0.4 is 5.73 Å². The molecule has 2 aromatic heterocycles. The molecule has 3 rings (SSSR count). The van der Waals surface area contributed by atoms with Gasteiger partial charge in [-0.3, -0.25) is 4.68 Å². The third-order valence-electron chi connectivity index (χ3n) is 3.77. The van der Waals surface area contributed by atoms with Crippen LogP contribution in [0.15, 0.2) is 30.6 Å². The molecule has 0 amide bonds. The van der Waals surface area contributed by atoms with Gasteiger partial charge in [0, 0.05) is 24.4 Å². The van der Waals surface area contributed by atoms with Crippen LogP contribution in [0.4, 0.5) is 14.6 Å². The molecule has 3 aromatic rings. The number of halogens is 2. The monoisotopic (exact) mass is 325 g/mol. The maximum absolute atomic E-state index is 13.6. The first-order chi connectivity index (χ1) is 11.4. The summed E-state index contributed by atoms with van der Waals surface area (Å²) in [6.07, 6.45) is 3.38. The van der Waals surface area contributed by atoms with Crippen LogP contribution in [0.2, 0.25) is 0 Å². The summed E-state index contributed by atoms with van der Waals surface area (Å²) in [5.74, 6) is -1.92. The second kappa shape index (κ2) is 5.74. The summed E-state index contributed by atoms with van der Waals surface area (Å²) < 4.78 is 28.5. The van der Waals surface area contributed by atoms with E-state index in [1.54, 1.807) is 31.0 Å². The van der Waals surface area contributed by atoms with Gasteiger partial charge in [0.25, 0.3) is 0 Å². The Bertz CT molecular complexity index is 985. The van der Waals surface area contributed by atoms with Gasteiger partial charge in [0.15, 0.2) is 11.6 Å². The van der Waals surface area contributed by atoms with Crippen LogP contribution in [0.25, 0.3) is 22.4 Å². The van der Waals surface area contributed by atoms with Crippen LogP contribution in [0.5, 0.6) is 0 Å². The van der Waals surface area contributed by atoms with Crippen molar-refractivity contribution in [3.8, 4) is 28.5 Å². The second-order valence-electron chi connectivity index (χ2n) is 5.36. The molecule has 120 valence electrons. The summed E-state index contributed by atoms with van der Waals surface area (Å²) in [6.45, 7) is 1.76. The Morgan fingerprint density at radius 1 is 1.21 bits per heavy atom. The summed E-state index contributed by atoms with van der Waals surface area (Å²) in [5, 5.41) is 13.5. The molecular formula is C17H13F2N5. The zero-order chi connectivity index (χ0) is 17.4. The maximum atomic E-state index is 13.6. The van der Waals surface area contributed by atoms with E-state index in [0.29, 0.717) is 22.4 Å². The van der Waals surface area contributed by atoms with Crippen LogP contribution in [-0.4, -0.2) is 14.8 Å². The number of pyridine rings is 1. The lowest BCUT2D eigenvalue weighted by Crippen LogP contribution is -2.03. The van der Waals surface area contributed by atoms with E-state index in [1.807, 2.05) is 6.07 Å². The Kier molecular flexibility index (Phi) is 3.73. The minimum atomic E-state index is -0.992. The van der Waals surface area contributed by atoms with Crippen molar-refractivity contribution in [2.75, 3.05) is 5.73 Å². The summed E-state index contributed by atoms with van der Waals surface area (Å²) in [5.41, 5.74) is 8.75. The highest BCUT2D eigenvalue weighted by Gasteiger charge is 2.19. The summed E-state index contributed by atoms with van der Waals surface area (Å²) in [7, 11) is 1.77. The van der Waals surface area contributed by atoms with Crippen molar-refractivity contribution in [2.24, 2.45) is 7.05 Å². The van der Waals surface area contributed by atoms with Crippen LogP contribution in [0, 0.1) is 29.9 Å². The van der Waals surface area contributed by atoms with Gasteiger partial charge in [-0.2, -0.15) is 10.4 Å². The van der Waals surface area contributed by atoms with E-state index in [1.165, 1.54) is 6.07 Å². The normalized spacial score (nSPS) is 10.6. The molecule has 0 saturated carbocycles. The molecule has 2 N–H and O–H groups in total. The first-order valence-corrected chi connectivity index (χ1v) is 7.07. The lowest BCUT2D eigenvalue weighted by molar-refractivity contribution is 0.509. The highest BCUT2D eigenvalue weighted by Crippen LogP contribution is 2.36. The average Bonchev–Trinajstić information content (AvgIpc) is 2.98. The van der Waals surface area contributed by atoms with Gasteiger partial charge in [0.1, 0.15) is 17.5 Å². The van der Waals surface area contributed by atoms with Gasteiger partial charge in [-0.05, 0) is 30.2 Å². The minimum absolute atomic E-state index is 0.0293. The highest BCUT2D eigenvalue weighted by molar-refractivity contribution is 5.83. The van der Waals surface area contributed by atoms with Gasteiger partial charge in [-0.1, -0.05) is 6.07 Å². The molecule has 0 aliphatic heterocycles. The molecule has 5 nitrogen and oxygen atoms in total. The van der Waals surface area contributed by atoms with Gasteiger partial charge in [0.05, 0.1) is 11.9 Å². The van der Waals surface area contributed by atoms with E-state index in [-0.39, 0.29) is 11.4 Å².